The molecule has 0 saturated carbocycles. The molecule has 10 heteroatoms. The van der Waals surface area contributed by atoms with Gasteiger partial charge in [0, 0.05) is 5.69 Å². The number of anilines is 1. The van der Waals surface area contributed by atoms with Gasteiger partial charge in [0.05, 0.1) is 22.5 Å². The first-order chi connectivity index (χ1) is 16.2. The lowest BCUT2D eigenvalue weighted by Crippen LogP contribution is -2.30. The Bertz CT molecular complexity index is 1250. The zero-order valence-corrected chi connectivity index (χ0v) is 19.5. The van der Waals surface area contributed by atoms with Crippen LogP contribution in [-0.2, 0) is 11.3 Å². The average molecular weight is 483 g/mol. The third kappa shape index (κ3) is 5.23. The fourth-order valence-corrected chi connectivity index (χ4v) is 5.57. The van der Waals surface area contributed by atoms with Crippen LogP contribution in [0.1, 0.15) is 25.1 Å². The first-order valence-corrected chi connectivity index (χ1v) is 12.7. The summed E-state index contributed by atoms with van der Waals surface area (Å²) in [6, 6.07) is 14.4. The van der Waals surface area contributed by atoms with Crippen molar-refractivity contribution in [1.82, 2.24) is 24.6 Å². The summed E-state index contributed by atoms with van der Waals surface area (Å²) in [6.07, 6.45) is 3.70. The molecule has 7 nitrogen and oxygen atoms in total. The molecule has 1 saturated heterocycles. The maximum atomic E-state index is 13.4. The molecule has 1 N–H and O–H groups in total. The molecule has 0 bridgehead atoms. The molecule has 5 rings (SSSR count). The Hall–Kier alpha value is -2.82. The number of fused-ring (bicyclic) bond motifs is 1. The van der Waals surface area contributed by atoms with E-state index < -0.39 is 0 Å². The minimum atomic E-state index is -0.319. The first kappa shape index (κ1) is 22.0. The van der Waals surface area contributed by atoms with Crippen LogP contribution < -0.4 is 5.32 Å². The summed E-state index contributed by atoms with van der Waals surface area (Å²) in [6.45, 7) is 2.87. The molecule has 1 amide bonds. The van der Waals surface area contributed by atoms with Crippen LogP contribution in [0.25, 0.3) is 15.9 Å². The number of benzene rings is 2. The Balaban J connectivity index is 1.30. The van der Waals surface area contributed by atoms with Crippen LogP contribution in [0.3, 0.4) is 0 Å². The molecule has 2 aromatic carbocycles. The molecular weight excluding hydrogens is 459 g/mol. The second kappa shape index (κ2) is 9.98. The number of amides is 1. The predicted octanol–water partition coefficient (Wildman–Crippen LogP) is 4.73. The van der Waals surface area contributed by atoms with Crippen molar-refractivity contribution >= 4 is 44.4 Å². The molecule has 0 atom stereocenters. The molecular formula is C23H23FN6OS2. The maximum Gasteiger partial charge on any atom is 0.236 e. The lowest BCUT2D eigenvalue weighted by molar-refractivity contribution is -0.113. The second-order valence-electron chi connectivity index (χ2n) is 7.87. The third-order valence-electron chi connectivity index (χ3n) is 5.46. The zero-order valence-electron chi connectivity index (χ0n) is 17.9. The summed E-state index contributed by atoms with van der Waals surface area (Å²) in [4.78, 5) is 19.4. The van der Waals surface area contributed by atoms with Crippen LogP contribution in [0.15, 0.2) is 53.7 Å². The highest BCUT2D eigenvalue weighted by molar-refractivity contribution is 7.99. The van der Waals surface area contributed by atoms with E-state index in [1.54, 1.807) is 6.07 Å². The van der Waals surface area contributed by atoms with Gasteiger partial charge < -0.3 is 5.32 Å². The molecule has 3 heterocycles. The van der Waals surface area contributed by atoms with Gasteiger partial charge in [-0.1, -0.05) is 47.7 Å². The SMILES string of the molecule is O=C(CSc1nnc(CN2CCCCC2)n1-c1ccccc1)Nc1nc2ccc(F)cc2s1. The Labute approximate surface area is 199 Å². The van der Waals surface area contributed by atoms with Crippen molar-refractivity contribution in [3.05, 3.63) is 60.2 Å². The van der Waals surface area contributed by atoms with Crippen molar-refractivity contribution in [2.75, 3.05) is 24.2 Å². The van der Waals surface area contributed by atoms with Crippen LogP contribution in [0.4, 0.5) is 9.52 Å². The van der Waals surface area contributed by atoms with Crippen molar-refractivity contribution < 1.29 is 9.18 Å². The molecule has 0 radical (unpaired) electrons. The number of likely N-dealkylation sites (tertiary alicyclic amines) is 1. The van der Waals surface area contributed by atoms with Gasteiger partial charge >= 0.3 is 0 Å². The van der Waals surface area contributed by atoms with E-state index in [4.69, 9.17) is 0 Å². The second-order valence-corrected chi connectivity index (χ2v) is 9.85. The molecule has 1 aliphatic rings. The monoisotopic (exact) mass is 482 g/mol. The van der Waals surface area contributed by atoms with E-state index in [-0.39, 0.29) is 17.5 Å². The van der Waals surface area contributed by atoms with Gasteiger partial charge in [0.25, 0.3) is 0 Å². The minimum absolute atomic E-state index is 0.166. The average Bonchev–Trinajstić information content (AvgIpc) is 3.41. The van der Waals surface area contributed by atoms with Gasteiger partial charge in [-0.05, 0) is 56.3 Å². The van der Waals surface area contributed by atoms with Crippen molar-refractivity contribution in [2.24, 2.45) is 0 Å². The van der Waals surface area contributed by atoms with Gasteiger partial charge in [-0.15, -0.1) is 10.2 Å². The Morgan fingerprint density at radius 3 is 2.73 bits per heavy atom. The third-order valence-corrected chi connectivity index (χ3v) is 7.32. The molecule has 4 aromatic rings. The summed E-state index contributed by atoms with van der Waals surface area (Å²) in [5.41, 5.74) is 1.64. The summed E-state index contributed by atoms with van der Waals surface area (Å²) < 4.78 is 16.1. The number of piperidine rings is 1. The molecule has 0 aliphatic carbocycles. The standard InChI is InChI=1S/C23H23FN6OS2/c24-16-9-10-18-19(13-16)33-22(25-18)26-21(31)15-32-23-28-27-20(14-29-11-5-2-6-12-29)30(23)17-7-3-1-4-8-17/h1,3-4,7-10,13H,2,5-6,11-12,14-15H2,(H,25,26,31). The van der Waals surface area contributed by atoms with Gasteiger partial charge in [-0.3, -0.25) is 14.3 Å². The van der Waals surface area contributed by atoms with E-state index in [0.717, 1.165) is 31.1 Å². The van der Waals surface area contributed by atoms with E-state index in [1.807, 2.05) is 34.9 Å². The van der Waals surface area contributed by atoms with E-state index >= 15 is 0 Å². The quantitative estimate of drug-likeness (QED) is 0.384. The van der Waals surface area contributed by atoms with Crippen molar-refractivity contribution in [2.45, 2.75) is 31.0 Å². The van der Waals surface area contributed by atoms with Crippen molar-refractivity contribution in [1.29, 1.82) is 0 Å². The molecule has 0 unspecified atom stereocenters. The highest BCUT2D eigenvalue weighted by Crippen LogP contribution is 2.27. The molecule has 2 aromatic heterocycles. The van der Waals surface area contributed by atoms with E-state index in [2.05, 4.69) is 25.4 Å². The highest BCUT2D eigenvalue weighted by Gasteiger charge is 2.19. The number of nitrogens with zero attached hydrogens (tertiary/aromatic N) is 5. The Morgan fingerprint density at radius 1 is 1.09 bits per heavy atom. The van der Waals surface area contributed by atoms with Crippen LogP contribution in [-0.4, -0.2) is 49.4 Å². The number of rotatable bonds is 7. The van der Waals surface area contributed by atoms with Crippen molar-refractivity contribution in [3.63, 3.8) is 0 Å². The topological polar surface area (TPSA) is 75.9 Å². The lowest BCUT2D eigenvalue weighted by Gasteiger charge is -2.26. The number of carbonyl (C=O) groups is 1. The summed E-state index contributed by atoms with van der Waals surface area (Å²) in [5, 5.41) is 12.8. The van der Waals surface area contributed by atoms with E-state index in [9.17, 15) is 9.18 Å². The number of thiazole rings is 1. The van der Waals surface area contributed by atoms with Crippen LogP contribution >= 0.6 is 23.1 Å². The van der Waals surface area contributed by atoms with Gasteiger partial charge in [0.1, 0.15) is 5.82 Å². The fraction of sp³-hybridized carbons (Fsp3) is 0.304. The smallest absolute Gasteiger partial charge is 0.236 e. The van der Waals surface area contributed by atoms with E-state index in [0.29, 0.717) is 20.5 Å². The van der Waals surface area contributed by atoms with Crippen LogP contribution in [0.5, 0.6) is 0 Å². The van der Waals surface area contributed by atoms with Gasteiger partial charge in [0.2, 0.25) is 5.91 Å². The van der Waals surface area contributed by atoms with Crippen molar-refractivity contribution in [3.8, 4) is 5.69 Å². The van der Waals surface area contributed by atoms with E-state index in [1.165, 1.54) is 54.5 Å². The number of aromatic nitrogens is 4. The van der Waals surface area contributed by atoms with Gasteiger partial charge in [-0.25, -0.2) is 9.37 Å². The molecule has 1 aliphatic heterocycles. The van der Waals surface area contributed by atoms with Crippen LogP contribution in [0.2, 0.25) is 0 Å². The Morgan fingerprint density at radius 2 is 1.91 bits per heavy atom. The molecule has 170 valence electrons. The van der Waals surface area contributed by atoms with Gasteiger partial charge in [-0.2, -0.15) is 0 Å². The number of hydrogen-bond donors (Lipinski definition) is 1. The minimum Gasteiger partial charge on any atom is -0.301 e. The maximum absolute atomic E-state index is 13.4. The molecule has 1 fully saturated rings. The first-order valence-electron chi connectivity index (χ1n) is 10.9. The lowest BCUT2D eigenvalue weighted by atomic mass is 10.1. The number of carbonyl (C=O) groups excluding carboxylic acids is 1. The number of halogens is 1. The zero-order chi connectivity index (χ0) is 22.6. The number of nitrogens with one attached hydrogen (secondary N) is 1. The summed E-state index contributed by atoms with van der Waals surface area (Å²) in [7, 11) is 0. The number of hydrogen-bond acceptors (Lipinski definition) is 7. The number of thioether (sulfide) groups is 1. The summed E-state index contributed by atoms with van der Waals surface area (Å²) >= 11 is 2.59. The predicted molar refractivity (Wildman–Crippen MR) is 129 cm³/mol. The number of para-hydroxylation sites is 1. The Kier molecular flexibility index (Phi) is 6.65. The fourth-order valence-electron chi connectivity index (χ4n) is 3.89. The molecule has 0 spiro atoms. The highest BCUT2D eigenvalue weighted by atomic mass is 32.2. The normalized spacial score (nSPS) is 14.6. The molecule has 33 heavy (non-hydrogen) atoms. The van der Waals surface area contributed by atoms with Gasteiger partial charge in [0.15, 0.2) is 16.1 Å². The van der Waals surface area contributed by atoms with Crippen LogP contribution in [0, 0.1) is 5.82 Å². The summed E-state index contributed by atoms with van der Waals surface area (Å²) in [5.74, 6) is 0.526. The largest absolute Gasteiger partial charge is 0.301 e.